The Labute approximate surface area is 78.9 Å². The van der Waals surface area contributed by atoms with Gasteiger partial charge in [0, 0.05) is 22.6 Å². The number of para-hydroxylation sites is 1. The van der Waals surface area contributed by atoms with E-state index >= 15 is 0 Å². The van der Waals surface area contributed by atoms with Gasteiger partial charge in [0.05, 0.1) is 5.52 Å². The van der Waals surface area contributed by atoms with Gasteiger partial charge in [-0.25, -0.2) is 0 Å². The van der Waals surface area contributed by atoms with Crippen LogP contribution in [0.1, 0.15) is 5.56 Å². The van der Waals surface area contributed by atoms with Gasteiger partial charge in [-0.2, -0.15) is 0 Å². The molecular formula is C9H9BrN2. The first kappa shape index (κ1) is 7.83. The average molecular weight is 225 g/mol. The van der Waals surface area contributed by atoms with Gasteiger partial charge in [0.1, 0.15) is 0 Å². The number of rotatable bonds is 1. The molecule has 0 spiro atoms. The van der Waals surface area contributed by atoms with E-state index in [9.17, 15) is 0 Å². The van der Waals surface area contributed by atoms with Crippen LogP contribution in [0.4, 0.5) is 0 Å². The van der Waals surface area contributed by atoms with Gasteiger partial charge in [0.2, 0.25) is 0 Å². The van der Waals surface area contributed by atoms with Crippen LogP contribution in [-0.2, 0) is 6.54 Å². The summed E-state index contributed by atoms with van der Waals surface area (Å²) in [5, 5.41) is 1.19. The Hall–Kier alpha value is -0.800. The van der Waals surface area contributed by atoms with E-state index in [2.05, 4.69) is 27.0 Å². The standard InChI is InChI=1S/C9H9BrN2/c10-8-5-12-9-6(4-11)2-1-3-7(8)9/h1-3,5,12H,4,11H2. The third kappa shape index (κ3) is 1.06. The largest absolute Gasteiger partial charge is 0.360 e. The summed E-state index contributed by atoms with van der Waals surface area (Å²) >= 11 is 3.46. The molecule has 3 heteroatoms. The number of benzene rings is 1. The normalized spacial score (nSPS) is 10.8. The summed E-state index contributed by atoms with van der Waals surface area (Å²) in [5.74, 6) is 0. The monoisotopic (exact) mass is 224 g/mol. The zero-order chi connectivity index (χ0) is 8.55. The lowest BCUT2D eigenvalue weighted by Crippen LogP contribution is -1.96. The minimum atomic E-state index is 0.574. The fourth-order valence-electron chi connectivity index (χ4n) is 1.35. The predicted molar refractivity (Wildman–Crippen MR) is 53.9 cm³/mol. The number of nitrogens with two attached hydrogens (primary N) is 1. The maximum Gasteiger partial charge on any atom is 0.0511 e. The highest BCUT2D eigenvalue weighted by atomic mass is 79.9. The molecule has 0 unspecified atom stereocenters. The van der Waals surface area contributed by atoms with Crippen LogP contribution in [0.3, 0.4) is 0 Å². The molecule has 0 saturated carbocycles. The summed E-state index contributed by atoms with van der Waals surface area (Å²) in [6, 6.07) is 6.11. The molecule has 3 N–H and O–H groups in total. The minimum Gasteiger partial charge on any atom is -0.360 e. The summed E-state index contributed by atoms with van der Waals surface area (Å²) in [7, 11) is 0. The Morgan fingerprint density at radius 2 is 2.25 bits per heavy atom. The summed E-state index contributed by atoms with van der Waals surface area (Å²) < 4.78 is 1.09. The van der Waals surface area contributed by atoms with Crippen molar-refractivity contribution in [2.24, 2.45) is 5.73 Å². The number of hydrogen-bond acceptors (Lipinski definition) is 1. The highest BCUT2D eigenvalue weighted by Gasteiger charge is 2.02. The molecular weight excluding hydrogens is 216 g/mol. The number of hydrogen-bond donors (Lipinski definition) is 2. The molecule has 0 aliphatic carbocycles. The molecule has 1 aromatic carbocycles. The third-order valence-corrected chi connectivity index (χ3v) is 2.63. The van der Waals surface area contributed by atoms with Crippen molar-refractivity contribution in [1.82, 2.24) is 4.98 Å². The minimum absolute atomic E-state index is 0.574. The molecule has 2 aromatic rings. The van der Waals surface area contributed by atoms with E-state index in [-0.39, 0.29) is 0 Å². The zero-order valence-electron chi connectivity index (χ0n) is 6.47. The number of aromatic nitrogens is 1. The van der Waals surface area contributed by atoms with E-state index in [1.54, 1.807) is 0 Å². The Balaban J connectivity index is 2.81. The number of aromatic amines is 1. The van der Waals surface area contributed by atoms with E-state index in [1.807, 2.05) is 18.3 Å². The van der Waals surface area contributed by atoms with E-state index in [1.165, 1.54) is 5.39 Å². The lowest BCUT2D eigenvalue weighted by molar-refractivity contribution is 1.08. The highest BCUT2D eigenvalue weighted by molar-refractivity contribution is 9.10. The van der Waals surface area contributed by atoms with E-state index in [4.69, 9.17) is 5.73 Å². The number of halogens is 1. The summed E-state index contributed by atoms with van der Waals surface area (Å²) in [5.41, 5.74) is 7.87. The molecule has 0 saturated heterocycles. The van der Waals surface area contributed by atoms with Gasteiger partial charge in [0.15, 0.2) is 0 Å². The number of nitrogens with one attached hydrogen (secondary N) is 1. The van der Waals surface area contributed by atoms with Crippen molar-refractivity contribution in [1.29, 1.82) is 0 Å². The maximum atomic E-state index is 5.59. The highest BCUT2D eigenvalue weighted by Crippen LogP contribution is 2.25. The van der Waals surface area contributed by atoms with Crippen LogP contribution in [0.2, 0.25) is 0 Å². The van der Waals surface area contributed by atoms with Crippen LogP contribution >= 0.6 is 15.9 Å². The van der Waals surface area contributed by atoms with E-state index < -0.39 is 0 Å². The molecule has 0 atom stereocenters. The van der Waals surface area contributed by atoms with Gasteiger partial charge >= 0.3 is 0 Å². The molecule has 1 aromatic heterocycles. The topological polar surface area (TPSA) is 41.8 Å². The Bertz CT molecular complexity index is 406. The first-order valence-corrected chi connectivity index (χ1v) is 4.57. The predicted octanol–water partition coefficient (Wildman–Crippen LogP) is 2.39. The van der Waals surface area contributed by atoms with Crippen LogP contribution in [0.25, 0.3) is 10.9 Å². The molecule has 1 heterocycles. The number of fused-ring (bicyclic) bond motifs is 1. The van der Waals surface area contributed by atoms with Crippen LogP contribution in [0, 0.1) is 0 Å². The summed E-state index contributed by atoms with van der Waals surface area (Å²) in [6.07, 6.45) is 1.93. The van der Waals surface area contributed by atoms with Gasteiger partial charge in [0.25, 0.3) is 0 Å². The molecule has 0 aliphatic rings. The first-order valence-electron chi connectivity index (χ1n) is 3.77. The first-order chi connectivity index (χ1) is 5.83. The number of H-pyrrole nitrogens is 1. The molecule has 62 valence electrons. The molecule has 0 bridgehead atoms. The third-order valence-electron chi connectivity index (χ3n) is 1.97. The van der Waals surface area contributed by atoms with Crippen molar-refractivity contribution in [2.45, 2.75) is 6.54 Å². The molecule has 2 nitrogen and oxygen atoms in total. The van der Waals surface area contributed by atoms with Crippen molar-refractivity contribution in [3.63, 3.8) is 0 Å². The Kier molecular flexibility index (Phi) is 1.90. The molecule has 0 radical (unpaired) electrons. The summed E-state index contributed by atoms with van der Waals surface area (Å²) in [6.45, 7) is 0.574. The van der Waals surface area contributed by atoms with Crippen LogP contribution in [-0.4, -0.2) is 4.98 Å². The van der Waals surface area contributed by atoms with Crippen molar-refractivity contribution >= 4 is 26.8 Å². The van der Waals surface area contributed by atoms with Crippen LogP contribution < -0.4 is 5.73 Å². The summed E-state index contributed by atoms with van der Waals surface area (Å²) in [4.78, 5) is 3.18. The average Bonchev–Trinajstić information content (AvgIpc) is 2.48. The molecule has 0 fully saturated rings. The second-order valence-electron chi connectivity index (χ2n) is 2.68. The van der Waals surface area contributed by atoms with Gasteiger partial charge in [-0.3, -0.25) is 0 Å². The van der Waals surface area contributed by atoms with E-state index in [0.717, 1.165) is 15.6 Å². The lowest BCUT2D eigenvalue weighted by atomic mass is 10.1. The fourth-order valence-corrected chi connectivity index (χ4v) is 1.80. The maximum absolute atomic E-state index is 5.59. The lowest BCUT2D eigenvalue weighted by Gasteiger charge is -1.97. The SMILES string of the molecule is NCc1cccc2c(Br)c[nH]c12. The fraction of sp³-hybridized carbons (Fsp3) is 0.111. The second kappa shape index (κ2) is 2.92. The smallest absolute Gasteiger partial charge is 0.0511 e. The Morgan fingerprint density at radius 3 is 3.00 bits per heavy atom. The molecule has 12 heavy (non-hydrogen) atoms. The van der Waals surface area contributed by atoms with Gasteiger partial charge in [-0.05, 0) is 21.5 Å². The van der Waals surface area contributed by atoms with Crippen molar-refractivity contribution in [2.75, 3.05) is 0 Å². The molecule has 2 rings (SSSR count). The molecule has 0 amide bonds. The van der Waals surface area contributed by atoms with E-state index in [0.29, 0.717) is 6.54 Å². The van der Waals surface area contributed by atoms with Crippen molar-refractivity contribution in [3.05, 3.63) is 34.4 Å². The van der Waals surface area contributed by atoms with Gasteiger partial charge < -0.3 is 10.7 Å². The van der Waals surface area contributed by atoms with Gasteiger partial charge in [-0.1, -0.05) is 18.2 Å². The zero-order valence-corrected chi connectivity index (χ0v) is 8.06. The quantitative estimate of drug-likeness (QED) is 0.768. The van der Waals surface area contributed by atoms with Crippen LogP contribution in [0.15, 0.2) is 28.9 Å². The van der Waals surface area contributed by atoms with Crippen molar-refractivity contribution in [3.8, 4) is 0 Å². The van der Waals surface area contributed by atoms with Crippen LogP contribution in [0.5, 0.6) is 0 Å². The molecule has 0 aliphatic heterocycles. The van der Waals surface area contributed by atoms with Crippen molar-refractivity contribution < 1.29 is 0 Å². The van der Waals surface area contributed by atoms with Gasteiger partial charge in [-0.15, -0.1) is 0 Å². The Morgan fingerprint density at radius 1 is 1.42 bits per heavy atom. The second-order valence-corrected chi connectivity index (χ2v) is 3.53.